The van der Waals surface area contributed by atoms with Crippen LogP contribution in [-0.4, -0.2) is 27.6 Å². The van der Waals surface area contributed by atoms with Crippen molar-refractivity contribution in [3.05, 3.63) is 58.2 Å². The minimum absolute atomic E-state index is 0.146. The van der Waals surface area contributed by atoms with Crippen molar-refractivity contribution in [2.45, 2.75) is 38.3 Å². The Morgan fingerprint density at radius 2 is 2.08 bits per heavy atom. The second kappa shape index (κ2) is 6.72. The van der Waals surface area contributed by atoms with E-state index in [1.807, 2.05) is 12.1 Å². The highest BCUT2D eigenvalue weighted by atomic mass is 16.5. The van der Waals surface area contributed by atoms with Crippen LogP contribution in [0.3, 0.4) is 0 Å². The Hall–Kier alpha value is -2.60. The van der Waals surface area contributed by atoms with Gasteiger partial charge in [-0.2, -0.15) is 5.10 Å². The fraction of sp³-hybridized carbons (Fsp3) is 0.368. The smallest absolute Gasteiger partial charge is 0.339 e. The lowest BCUT2D eigenvalue weighted by Crippen LogP contribution is -2.24. The van der Waals surface area contributed by atoms with E-state index in [2.05, 4.69) is 5.10 Å². The third-order valence-corrected chi connectivity index (χ3v) is 4.59. The molecule has 0 radical (unpaired) electrons. The Labute approximate surface area is 144 Å². The molecule has 0 saturated heterocycles. The lowest BCUT2D eigenvalue weighted by Gasteiger charge is -2.19. The first-order valence-corrected chi connectivity index (χ1v) is 8.58. The van der Waals surface area contributed by atoms with Crippen molar-refractivity contribution in [3.8, 4) is 5.75 Å². The summed E-state index contributed by atoms with van der Waals surface area (Å²) < 4.78 is 13.0. The van der Waals surface area contributed by atoms with Gasteiger partial charge in [-0.25, -0.2) is 4.79 Å². The molecule has 0 aliphatic heterocycles. The zero-order chi connectivity index (χ0) is 17.2. The second-order valence-corrected chi connectivity index (χ2v) is 6.38. The summed E-state index contributed by atoms with van der Waals surface area (Å²) in [5.74, 6) is 0.652. The molecular weight excluding hydrogens is 320 g/mol. The molecule has 25 heavy (non-hydrogen) atoms. The summed E-state index contributed by atoms with van der Waals surface area (Å²) in [4.78, 5) is 12.2. The van der Waals surface area contributed by atoms with Crippen LogP contribution in [0, 0.1) is 0 Å². The normalized spacial score (nSPS) is 15.1. The third kappa shape index (κ3) is 3.17. The number of aromatic nitrogens is 2. The van der Waals surface area contributed by atoms with Gasteiger partial charge in [-0.3, -0.25) is 4.68 Å². The second-order valence-electron chi connectivity index (χ2n) is 6.38. The van der Waals surface area contributed by atoms with E-state index in [1.54, 1.807) is 29.2 Å². The van der Waals surface area contributed by atoms with Crippen molar-refractivity contribution in [3.63, 3.8) is 0 Å². The molecule has 1 aliphatic carbocycles. The SMILES string of the molecule is O=c1oc2cccc(OCC(O)Cn3cccn3)c2c2c1CCCC2. The zero-order valence-corrected chi connectivity index (χ0v) is 13.9. The molecule has 1 aliphatic rings. The van der Waals surface area contributed by atoms with Crippen LogP contribution in [0.2, 0.25) is 0 Å². The van der Waals surface area contributed by atoms with E-state index in [0.29, 0.717) is 17.9 Å². The Morgan fingerprint density at radius 1 is 1.24 bits per heavy atom. The van der Waals surface area contributed by atoms with Crippen LogP contribution in [0.15, 0.2) is 45.9 Å². The Morgan fingerprint density at radius 3 is 2.88 bits per heavy atom. The number of hydrogen-bond acceptors (Lipinski definition) is 5. The summed E-state index contributed by atoms with van der Waals surface area (Å²) >= 11 is 0. The van der Waals surface area contributed by atoms with Crippen LogP contribution in [0.25, 0.3) is 11.0 Å². The fourth-order valence-electron chi connectivity index (χ4n) is 3.44. The number of hydrogen-bond donors (Lipinski definition) is 1. The van der Waals surface area contributed by atoms with Crippen LogP contribution >= 0.6 is 0 Å². The first-order chi connectivity index (χ1) is 12.2. The third-order valence-electron chi connectivity index (χ3n) is 4.59. The molecule has 130 valence electrons. The molecule has 0 spiro atoms. The molecule has 6 heteroatoms. The first kappa shape index (κ1) is 15.9. The molecule has 4 rings (SSSR count). The molecule has 3 aromatic rings. The summed E-state index contributed by atoms with van der Waals surface area (Å²) in [5, 5.41) is 15.1. The fourth-order valence-corrected chi connectivity index (χ4v) is 3.44. The van der Waals surface area contributed by atoms with E-state index in [1.165, 1.54) is 0 Å². The van der Waals surface area contributed by atoms with Crippen molar-refractivity contribution in [2.24, 2.45) is 0 Å². The monoisotopic (exact) mass is 340 g/mol. The van der Waals surface area contributed by atoms with Gasteiger partial charge in [0.05, 0.1) is 11.9 Å². The van der Waals surface area contributed by atoms with Crippen molar-refractivity contribution in [2.75, 3.05) is 6.61 Å². The lowest BCUT2D eigenvalue weighted by molar-refractivity contribution is 0.0900. The molecule has 6 nitrogen and oxygen atoms in total. The zero-order valence-electron chi connectivity index (χ0n) is 13.9. The highest BCUT2D eigenvalue weighted by molar-refractivity contribution is 5.87. The van der Waals surface area contributed by atoms with Crippen LogP contribution in [-0.2, 0) is 19.4 Å². The maximum absolute atomic E-state index is 12.2. The number of nitrogens with zero attached hydrogens (tertiary/aromatic N) is 2. The van der Waals surface area contributed by atoms with Gasteiger partial charge in [0.15, 0.2) is 0 Å². The summed E-state index contributed by atoms with van der Waals surface area (Å²) in [6.07, 6.45) is 6.47. The van der Waals surface area contributed by atoms with E-state index in [0.717, 1.165) is 42.2 Å². The van der Waals surface area contributed by atoms with Crippen LogP contribution in [0.4, 0.5) is 0 Å². The average molecular weight is 340 g/mol. The summed E-state index contributed by atoms with van der Waals surface area (Å²) in [5.41, 5.74) is 2.12. The predicted molar refractivity (Wildman–Crippen MR) is 92.9 cm³/mol. The Kier molecular flexibility index (Phi) is 4.28. The molecular formula is C19H20N2O4. The van der Waals surface area contributed by atoms with E-state index in [9.17, 15) is 9.90 Å². The van der Waals surface area contributed by atoms with Crippen molar-refractivity contribution in [1.29, 1.82) is 0 Å². The molecule has 0 fully saturated rings. The van der Waals surface area contributed by atoms with Gasteiger partial charge >= 0.3 is 5.63 Å². The maximum Gasteiger partial charge on any atom is 0.339 e. The van der Waals surface area contributed by atoms with Gasteiger partial charge in [-0.15, -0.1) is 0 Å². The molecule has 1 unspecified atom stereocenters. The molecule has 0 bridgehead atoms. The van der Waals surface area contributed by atoms with Crippen LogP contribution < -0.4 is 10.4 Å². The highest BCUT2D eigenvalue weighted by Gasteiger charge is 2.20. The summed E-state index contributed by atoms with van der Waals surface area (Å²) in [7, 11) is 0. The molecule has 1 N–H and O–H groups in total. The van der Waals surface area contributed by atoms with Gasteiger partial charge < -0.3 is 14.3 Å². The Balaban J connectivity index is 1.62. The topological polar surface area (TPSA) is 77.5 Å². The molecule has 1 aromatic carbocycles. The number of fused-ring (bicyclic) bond motifs is 3. The number of aliphatic hydroxyl groups excluding tert-OH is 1. The molecule has 0 saturated carbocycles. The number of rotatable bonds is 5. The van der Waals surface area contributed by atoms with E-state index >= 15 is 0 Å². The van der Waals surface area contributed by atoms with Gasteiger partial charge in [0.25, 0.3) is 0 Å². The summed E-state index contributed by atoms with van der Waals surface area (Å²) in [6, 6.07) is 7.26. The molecule has 2 aromatic heterocycles. The van der Waals surface area contributed by atoms with Gasteiger partial charge in [-0.05, 0) is 49.4 Å². The van der Waals surface area contributed by atoms with Crippen molar-refractivity contribution >= 4 is 11.0 Å². The van der Waals surface area contributed by atoms with Gasteiger partial charge in [0, 0.05) is 18.0 Å². The van der Waals surface area contributed by atoms with Crippen LogP contribution in [0.5, 0.6) is 5.75 Å². The minimum Gasteiger partial charge on any atom is -0.490 e. The number of aryl methyl sites for hydroxylation is 1. The highest BCUT2D eigenvalue weighted by Crippen LogP contribution is 2.33. The average Bonchev–Trinajstić information content (AvgIpc) is 3.13. The predicted octanol–water partition coefficient (Wildman–Crippen LogP) is 2.31. The standard InChI is InChI=1S/C19H20N2O4/c22-13(11-21-10-4-9-20-21)12-24-16-7-3-8-17-18(16)14-5-1-2-6-15(14)19(23)25-17/h3-4,7-10,13,22H,1-2,5-6,11-12H2. The molecule has 2 heterocycles. The van der Waals surface area contributed by atoms with E-state index in [4.69, 9.17) is 9.15 Å². The van der Waals surface area contributed by atoms with Crippen molar-refractivity contribution in [1.82, 2.24) is 9.78 Å². The first-order valence-electron chi connectivity index (χ1n) is 8.58. The largest absolute Gasteiger partial charge is 0.490 e. The molecule has 0 amide bonds. The Bertz CT molecular complexity index is 930. The number of benzene rings is 1. The summed E-state index contributed by atoms with van der Waals surface area (Å²) in [6.45, 7) is 0.512. The van der Waals surface area contributed by atoms with Gasteiger partial charge in [-0.1, -0.05) is 6.07 Å². The lowest BCUT2D eigenvalue weighted by atomic mass is 9.90. The minimum atomic E-state index is -0.679. The maximum atomic E-state index is 12.2. The van der Waals surface area contributed by atoms with Crippen molar-refractivity contribution < 1.29 is 14.3 Å². The van der Waals surface area contributed by atoms with Gasteiger partial charge in [0.1, 0.15) is 24.0 Å². The number of ether oxygens (including phenoxy) is 1. The van der Waals surface area contributed by atoms with E-state index in [-0.39, 0.29) is 12.2 Å². The quantitative estimate of drug-likeness (QED) is 0.721. The van der Waals surface area contributed by atoms with Crippen LogP contribution in [0.1, 0.15) is 24.0 Å². The van der Waals surface area contributed by atoms with E-state index < -0.39 is 6.10 Å². The molecule has 1 atom stereocenters. The number of aliphatic hydroxyl groups is 1. The van der Waals surface area contributed by atoms with Gasteiger partial charge in [0.2, 0.25) is 0 Å².